The molecule has 1 N–H and O–H groups in total. The van der Waals surface area contributed by atoms with Crippen molar-refractivity contribution in [3.05, 3.63) is 47.8 Å². The van der Waals surface area contributed by atoms with Gasteiger partial charge < -0.3 is 4.98 Å². The van der Waals surface area contributed by atoms with E-state index in [9.17, 15) is 0 Å². The monoisotopic (exact) mass is 223 g/mol. The fourth-order valence-electron chi connectivity index (χ4n) is 1.96. The van der Waals surface area contributed by atoms with Crippen molar-refractivity contribution in [3.63, 3.8) is 0 Å². The van der Waals surface area contributed by atoms with E-state index in [1.54, 1.807) is 12.4 Å². The minimum atomic E-state index is 0.899. The van der Waals surface area contributed by atoms with Crippen molar-refractivity contribution < 1.29 is 0 Å². The molecule has 0 aliphatic heterocycles. The zero-order chi connectivity index (χ0) is 11.8. The summed E-state index contributed by atoms with van der Waals surface area (Å²) in [6.07, 6.45) is 3.56. The molecule has 3 rings (SSSR count). The number of nitrogens with zero attached hydrogens (tertiary/aromatic N) is 2. The molecule has 0 aliphatic carbocycles. The smallest absolute Gasteiger partial charge is 0.138 e. The number of aromatic nitrogens is 3. The highest BCUT2D eigenvalue weighted by Crippen LogP contribution is 2.23. The molecule has 0 saturated heterocycles. The molecule has 17 heavy (non-hydrogen) atoms. The van der Waals surface area contributed by atoms with Crippen LogP contribution in [0.5, 0.6) is 0 Å². The largest absolute Gasteiger partial charge is 0.338 e. The maximum Gasteiger partial charge on any atom is 0.138 e. The predicted octanol–water partition coefficient (Wildman–Crippen LogP) is 3.24. The van der Waals surface area contributed by atoms with E-state index >= 15 is 0 Å². The fraction of sp³-hybridized carbons (Fsp3) is 0.143. The number of aryl methyl sites for hydroxylation is 2. The molecule has 0 radical (unpaired) electrons. The van der Waals surface area contributed by atoms with Gasteiger partial charge in [-0.05, 0) is 43.2 Å². The Balaban J connectivity index is 2.24. The molecule has 0 fully saturated rings. The Hall–Kier alpha value is -2.16. The van der Waals surface area contributed by atoms with Gasteiger partial charge >= 0.3 is 0 Å². The molecular formula is C14H13N3. The second-order valence-electron chi connectivity index (χ2n) is 4.22. The number of fused-ring (bicyclic) bond motifs is 1. The average molecular weight is 223 g/mol. The first-order valence-corrected chi connectivity index (χ1v) is 5.62. The van der Waals surface area contributed by atoms with Gasteiger partial charge in [-0.2, -0.15) is 0 Å². The Morgan fingerprint density at radius 2 is 1.76 bits per heavy atom. The molecule has 0 unspecified atom stereocenters. The van der Waals surface area contributed by atoms with Crippen LogP contribution in [0.1, 0.15) is 11.1 Å². The van der Waals surface area contributed by atoms with E-state index < -0.39 is 0 Å². The summed E-state index contributed by atoms with van der Waals surface area (Å²) in [4.78, 5) is 12.0. The minimum Gasteiger partial charge on any atom is -0.338 e. The third kappa shape index (κ3) is 1.60. The fourth-order valence-corrected chi connectivity index (χ4v) is 1.96. The van der Waals surface area contributed by atoms with Crippen LogP contribution in [0.15, 0.2) is 36.7 Å². The summed E-state index contributed by atoms with van der Waals surface area (Å²) >= 11 is 0. The summed E-state index contributed by atoms with van der Waals surface area (Å²) in [5.74, 6) is 0.899. The predicted molar refractivity (Wildman–Crippen MR) is 68.8 cm³/mol. The van der Waals surface area contributed by atoms with Crippen LogP contribution in [0, 0.1) is 13.8 Å². The number of nitrogens with one attached hydrogen (secondary N) is 1. The van der Waals surface area contributed by atoms with Gasteiger partial charge in [0.25, 0.3) is 0 Å². The van der Waals surface area contributed by atoms with Crippen LogP contribution < -0.4 is 0 Å². The van der Waals surface area contributed by atoms with Crippen molar-refractivity contribution >= 4 is 11.0 Å². The molecular weight excluding hydrogens is 210 g/mol. The molecule has 3 nitrogen and oxygen atoms in total. The molecule has 0 aliphatic rings. The topological polar surface area (TPSA) is 41.6 Å². The summed E-state index contributed by atoms with van der Waals surface area (Å²) in [5, 5.41) is 0. The van der Waals surface area contributed by atoms with Crippen molar-refractivity contribution in [2.45, 2.75) is 13.8 Å². The number of pyridine rings is 1. The first-order chi connectivity index (χ1) is 8.25. The molecule has 1 aromatic carbocycles. The molecule has 2 heterocycles. The number of hydrogen-bond donors (Lipinski definition) is 1. The molecule has 3 heteroatoms. The standard InChI is InChI=1S/C14H13N3/c1-9-3-4-12-13(10(9)2)17-14(16-12)11-5-7-15-8-6-11/h3-8H,1-2H3,(H,16,17). The van der Waals surface area contributed by atoms with Crippen molar-refractivity contribution in [2.75, 3.05) is 0 Å². The van der Waals surface area contributed by atoms with Crippen LogP contribution >= 0.6 is 0 Å². The Labute approximate surface area is 99.5 Å². The van der Waals surface area contributed by atoms with Crippen molar-refractivity contribution in [3.8, 4) is 11.4 Å². The van der Waals surface area contributed by atoms with Gasteiger partial charge in [0, 0.05) is 18.0 Å². The number of aromatic amines is 1. The van der Waals surface area contributed by atoms with Crippen molar-refractivity contribution in [1.82, 2.24) is 15.0 Å². The zero-order valence-electron chi connectivity index (χ0n) is 9.86. The average Bonchev–Trinajstić information content (AvgIpc) is 2.80. The van der Waals surface area contributed by atoms with Gasteiger partial charge in [0.15, 0.2) is 0 Å². The first-order valence-electron chi connectivity index (χ1n) is 5.62. The molecule has 0 bridgehead atoms. The first kappa shape index (κ1) is 10.0. The van der Waals surface area contributed by atoms with E-state index in [0.29, 0.717) is 0 Å². The Morgan fingerprint density at radius 1 is 1.00 bits per heavy atom. The van der Waals surface area contributed by atoms with Crippen molar-refractivity contribution in [2.24, 2.45) is 0 Å². The summed E-state index contributed by atoms with van der Waals surface area (Å²) in [5.41, 5.74) is 5.70. The van der Waals surface area contributed by atoms with Crippen LogP contribution in [0.3, 0.4) is 0 Å². The second-order valence-corrected chi connectivity index (χ2v) is 4.22. The normalized spacial score (nSPS) is 10.9. The molecule has 0 saturated carbocycles. The zero-order valence-corrected chi connectivity index (χ0v) is 9.86. The quantitative estimate of drug-likeness (QED) is 0.688. The van der Waals surface area contributed by atoms with E-state index in [2.05, 4.69) is 40.9 Å². The van der Waals surface area contributed by atoms with Gasteiger partial charge in [0.05, 0.1) is 11.0 Å². The number of imidazole rings is 1. The van der Waals surface area contributed by atoms with Gasteiger partial charge in [-0.25, -0.2) is 4.98 Å². The lowest BCUT2D eigenvalue weighted by Crippen LogP contribution is -1.82. The van der Waals surface area contributed by atoms with Gasteiger partial charge in [-0.3, -0.25) is 4.98 Å². The molecule has 0 spiro atoms. The van der Waals surface area contributed by atoms with Crippen LogP contribution in [-0.2, 0) is 0 Å². The second kappa shape index (κ2) is 3.70. The van der Waals surface area contributed by atoms with E-state index in [1.165, 1.54) is 11.1 Å². The van der Waals surface area contributed by atoms with Gasteiger partial charge in [-0.15, -0.1) is 0 Å². The van der Waals surface area contributed by atoms with Gasteiger partial charge in [0.2, 0.25) is 0 Å². The highest BCUT2D eigenvalue weighted by atomic mass is 14.9. The maximum atomic E-state index is 4.66. The minimum absolute atomic E-state index is 0.899. The highest BCUT2D eigenvalue weighted by molar-refractivity contribution is 5.83. The van der Waals surface area contributed by atoms with E-state index in [-0.39, 0.29) is 0 Å². The van der Waals surface area contributed by atoms with E-state index in [1.807, 2.05) is 12.1 Å². The molecule has 84 valence electrons. The van der Waals surface area contributed by atoms with Crippen molar-refractivity contribution in [1.29, 1.82) is 0 Å². The third-order valence-corrected chi connectivity index (χ3v) is 3.13. The molecule has 0 amide bonds. The Morgan fingerprint density at radius 3 is 2.53 bits per heavy atom. The van der Waals surface area contributed by atoms with E-state index in [4.69, 9.17) is 0 Å². The van der Waals surface area contributed by atoms with E-state index in [0.717, 1.165) is 22.4 Å². The number of H-pyrrole nitrogens is 1. The molecule has 0 atom stereocenters. The highest BCUT2D eigenvalue weighted by Gasteiger charge is 2.07. The Bertz CT molecular complexity index is 669. The van der Waals surface area contributed by atoms with Gasteiger partial charge in [-0.1, -0.05) is 6.07 Å². The van der Waals surface area contributed by atoms with Gasteiger partial charge in [0.1, 0.15) is 5.82 Å². The third-order valence-electron chi connectivity index (χ3n) is 3.13. The summed E-state index contributed by atoms with van der Waals surface area (Å²) < 4.78 is 0. The lowest BCUT2D eigenvalue weighted by Gasteiger charge is -1.98. The van der Waals surface area contributed by atoms with Crippen LogP contribution in [-0.4, -0.2) is 15.0 Å². The Kier molecular flexibility index (Phi) is 2.18. The summed E-state index contributed by atoms with van der Waals surface area (Å²) in [6, 6.07) is 8.11. The van der Waals surface area contributed by atoms with Crippen LogP contribution in [0.25, 0.3) is 22.4 Å². The lowest BCUT2D eigenvalue weighted by molar-refractivity contribution is 1.28. The van der Waals surface area contributed by atoms with Crippen LogP contribution in [0.2, 0.25) is 0 Å². The number of hydrogen-bond acceptors (Lipinski definition) is 2. The maximum absolute atomic E-state index is 4.66. The van der Waals surface area contributed by atoms with Crippen LogP contribution in [0.4, 0.5) is 0 Å². The number of rotatable bonds is 1. The molecule has 2 aromatic heterocycles. The SMILES string of the molecule is Cc1ccc2[nH]c(-c3ccncc3)nc2c1C. The summed E-state index contributed by atoms with van der Waals surface area (Å²) in [7, 11) is 0. The lowest BCUT2D eigenvalue weighted by atomic mass is 10.1. The molecule has 3 aromatic rings. The summed E-state index contributed by atoms with van der Waals surface area (Å²) in [6.45, 7) is 4.21. The number of benzene rings is 1.